The number of benzene rings is 1. The molecule has 4 nitrogen and oxygen atoms in total. The van der Waals surface area contributed by atoms with Crippen LogP contribution in [0.3, 0.4) is 0 Å². The molecule has 0 aliphatic heterocycles. The average molecular weight is 206 g/mol. The Balaban J connectivity index is 2.85. The fraction of sp³-hybridized carbons (Fsp3) is 0.0909. The highest BCUT2D eigenvalue weighted by Gasteiger charge is 2.06. The van der Waals surface area contributed by atoms with Gasteiger partial charge >= 0.3 is 11.9 Å². The topological polar surface area (TPSA) is 74.6 Å². The number of hydrogen-bond acceptors (Lipinski definition) is 2. The van der Waals surface area contributed by atoms with Gasteiger partial charge in [-0.05, 0) is 18.1 Å². The third-order valence-electron chi connectivity index (χ3n) is 1.85. The second kappa shape index (κ2) is 4.95. The lowest BCUT2D eigenvalue weighted by atomic mass is 10.0. The maximum Gasteiger partial charge on any atom is 0.335 e. The summed E-state index contributed by atoms with van der Waals surface area (Å²) < 4.78 is 0. The SMILES string of the molecule is O=C(O)/C=C/Cc1ccccc1C(=O)O. The summed E-state index contributed by atoms with van der Waals surface area (Å²) in [5.41, 5.74) is 0.801. The number of hydrogen-bond donors (Lipinski definition) is 2. The second-order valence-electron chi connectivity index (χ2n) is 2.91. The lowest BCUT2D eigenvalue weighted by molar-refractivity contribution is -0.131. The van der Waals surface area contributed by atoms with Gasteiger partial charge in [0, 0.05) is 6.08 Å². The molecule has 0 amide bonds. The summed E-state index contributed by atoms with van der Waals surface area (Å²) in [5.74, 6) is -2.04. The smallest absolute Gasteiger partial charge is 0.335 e. The van der Waals surface area contributed by atoms with Crippen LogP contribution in [0, 0.1) is 0 Å². The summed E-state index contributed by atoms with van der Waals surface area (Å²) in [6, 6.07) is 6.51. The van der Waals surface area contributed by atoms with E-state index in [9.17, 15) is 9.59 Å². The van der Waals surface area contributed by atoms with Crippen LogP contribution in [0.5, 0.6) is 0 Å². The summed E-state index contributed by atoms with van der Waals surface area (Å²) in [6.07, 6.45) is 2.72. The molecule has 0 fully saturated rings. The van der Waals surface area contributed by atoms with E-state index in [1.54, 1.807) is 18.2 Å². The lowest BCUT2D eigenvalue weighted by Crippen LogP contribution is -2.01. The van der Waals surface area contributed by atoms with E-state index >= 15 is 0 Å². The Labute approximate surface area is 86.5 Å². The van der Waals surface area contributed by atoms with Gasteiger partial charge < -0.3 is 10.2 Å². The van der Waals surface area contributed by atoms with Gasteiger partial charge in [-0.25, -0.2) is 9.59 Å². The minimum Gasteiger partial charge on any atom is -0.478 e. The van der Waals surface area contributed by atoms with Crippen molar-refractivity contribution in [3.05, 3.63) is 47.5 Å². The molecular weight excluding hydrogens is 196 g/mol. The zero-order chi connectivity index (χ0) is 11.3. The first-order valence-corrected chi connectivity index (χ1v) is 4.32. The van der Waals surface area contributed by atoms with E-state index < -0.39 is 11.9 Å². The van der Waals surface area contributed by atoms with Gasteiger partial charge in [0.1, 0.15) is 0 Å². The summed E-state index contributed by atoms with van der Waals surface area (Å²) in [7, 11) is 0. The van der Waals surface area contributed by atoms with Crippen molar-refractivity contribution in [3.63, 3.8) is 0 Å². The summed E-state index contributed by atoms with van der Waals surface area (Å²) in [5, 5.41) is 17.2. The molecule has 0 spiro atoms. The van der Waals surface area contributed by atoms with E-state index in [-0.39, 0.29) is 5.56 Å². The zero-order valence-corrected chi connectivity index (χ0v) is 7.88. The molecule has 0 aromatic heterocycles. The minimum absolute atomic E-state index is 0.201. The minimum atomic E-state index is -1.04. The summed E-state index contributed by atoms with van der Waals surface area (Å²) >= 11 is 0. The second-order valence-corrected chi connectivity index (χ2v) is 2.91. The number of rotatable bonds is 4. The predicted molar refractivity (Wildman–Crippen MR) is 53.9 cm³/mol. The molecule has 1 aromatic carbocycles. The Morgan fingerprint density at radius 1 is 1.20 bits per heavy atom. The van der Waals surface area contributed by atoms with Crippen molar-refractivity contribution >= 4 is 11.9 Å². The molecule has 4 heteroatoms. The van der Waals surface area contributed by atoms with Crippen LogP contribution in [-0.4, -0.2) is 22.2 Å². The molecule has 0 aliphatic rings. The normalized spacial score (nSPS) is 10.4. The number of aliphatic carboxylic acids is 1. The van der Waals surface area contributed by atoms with Crippen molar-refractivity contribution < 1.29 is 19.8 Å². The van der Waals surface area contributed by atoms with Crippen molar-refractivity contribution in [1.29, 1.82) is 0 Å². The highest BCUT2D eigenvalue weighted by Crippen LogP contribution is 2.09. The van der Waals surface area contributed by atoms with Crippen LogP contribution >= 0.6 is 0 Å². The van der Waals surface area contributed by atoms with Gasteiger partial charge in [0.15, 0.2) is 0 Å². The van der Waals surface area contributed by atoms with E-state index in [4.69, 9.17) is 10.2 Å². The number of carboxylic acids is 2. The van der Waals surface area contributed by atoms with Crippen LogP contribution in [0.25, 0.3) is 0 Å². The lowest BCUT2D eigenvalue weighted by Gasteiger charge is -2.01. The molecule has 78 valence electrons. The molecule has 1 aromatic rings. The first-order valence-electron chi connectivity index (χ1n) is 4.32. The highest BCUT2D eigenvalue weighted by molar-refractivity contribution is 5.89. The van der Waals surface area contributed by atoms with E-state index in [0.717, 1.165) is 6.08 Å². The first kappa shape index (κ1) is 11.0. The molecule has 15 heavy (non-hydrogen) atoms. The van der Waals surface area contributed by atoms with E-state index in [2.05, 4.69) is 0 Å². The van der Waals surface area contributed by atoms with Gasteiger partial charge in [0.25, 0.3) is 0 Å². The van der Waals surface area contributed by atoms with E-state index in [1.165, 1.54) is 12.1 Å². The first-order chi connectivity index (χ1) is 7.11. The largest absolute Gasteiger partial charge is 0.478 e. The maximum atomic E-state index is 10.8. The van der Waals surface area contributed by atoms with Gasteiger partial charge in [0.2, 0.25) is 0 Å². The molecule has 0 saturated carbocycles. The Morgan fingerprint density at radius 2 is 1.87 bits per heavy atom. The average Bonchev–Trinajstić information content (AvgIpc) is 2.17. The third-order valence-corrected chi connectivity index (χ3v) is 1.85. The molecule has 0 unspecified atom stereocenters. The highest BCUT2D eigenvalue weighted by atomic mass is 16.4. The summed E-state index contributed by atoms with van der Waals surface area (Å²) in [4.78, 5) is 21.0. The number of carbonyl (C=O) groups is 2. The molecule has 0 saturated heterocycles. The third kappa shape index (κ3) is 3.27. The Bertz CT molecular complexity index is 407. The quantitative estimate of drug-likeness (QED) is 0.733. The van der Waals surface area contributed by atoms with Crippen molar-refractivity contribution in [1.82, 2.24) is 0 Å². The molecule has 0 radical (unpaired) electrons. The maximum absolute atomic E-state index is 10.8. The van der Waals surface area contributed by atoms with Crippen molar-refractivity contribution in [2.45, 2.75) is 6.42 Å². The van der Waals surface area contributed by atoms with Gasteiger partial charge in [0.05, 0.1) is 5.56 Å². The van der Waals surface area contributed by atoms with Crippen molar-refractivity contribution in [3.8, 4) is 0 Å². The Morgan fingerprint density at radius 3 is 2.47 bits per heavy atom. The molecule has 0 atom stereocenters. The fourth-order valence-electron chi connectivity index (χ4n) is 1.19. The van der Waals surface area contributed by atoms with E-state index in [1.807, 2.05) is 0 Å². The van der Waals surface area contributed by atoms with Crippen LogP contribution in [0.2, 0.25) is 0 Å². The number of aromatic carboxylic acids is 1. The molecule has 1 rings (SSSR count). The Hall–Kier alpha value is -2.10. The monoisotopic (exact) mass is 206 g/mol. The molecule has 0 heterocycles. The van der Waals surface area contributed by atoms with Crippen LogP contribution in [0.15, 0.2) is 36.4 Å². The summed E-state index contributed by atoms with van der Waals surface area (Å²) in [6.45, 7) is 0. The van der Waals surface area contributed by atoms with Crippen LogP contribution in [0.1, 0.15) is 15.9 Å². The number of carboxylic acid groups (broad SMARTS) is 2. The van der Waals surface area contributed by atoms with Crippen LogP contribution in [0.4, 0.5) is 0 Å². The zero-order valence-electron chi connectivity index (χ0n) is 7.88. The Kier molecular flexibility index (Phi) is 3.62. The van der Waals surface area contributed by atoms with Crippen LogP contribution in [-0.2, 0) is 11.2 Å². The molecule has 2 N–H and O–H groups in total. The van der Waals surface area contributed by atoms with Gasteiger partial charge in [-0.3, -0.25) is 0 Å². The fourth-order valence-corrected chi connectivity index (χ4v) is 1.19. The molecule has 0 bridgehead atoms. The standard InChI is InChI=1S/C11H10O4/c12-10(13)7-3-5-8-4-1-2-6-9(8)11(14)15/h1-4,6-7H,5H2,(H,12,13)(H,14,15)/b7-3+. The van der Waals surface area contributed by atoms with Crippen molar-refractivity contribution in [2.75, 3.05) is 0 Å². The van der Waals surface area contributed by atoms with Gasteiger partial charge in [-0.2, -0.15) is 0 Å². The van der Waals surface area contributed by atoms with E-state index in [0.29, 0.717) is 12.0 Å². The predicted octanol–water partition coefficient (Wildman–Crippen LogP) is 1.57. The van der Waals surface area contributed by atoms with Crippen molar-refractivity contribution in [2.24, 2.45) is 0 Å². The number of allylic oxidation sites excluding steroid dienone is 1. The van der Waals surface area contributed by atoms with Gasteiger partial charge in [-0.1, -0.05) is 24.3 Å². The molecule has 0 aliphatic carbocycles. The van der Waals surface area contributed by atoms with Gasteiger partial charge in [-0.15, -0.1) is 0 Å². The van der Waals surface area contributed by atoms with Crippen LogP contribution < -0.4 is 0 Å². The molecular formula is C11H10O4.